The van der Waals surface area contributed by atoms with E-state index in [2.05, 4.69) is 15.5 Å². The van der Waals surface area contributed by atoms with Crippen LogP contribution in [0.15, 0.2) is 18.2 Å². The van der Waals surface area contributed by atoms with E-state index in [1.54, 1.807) is 12.1 Å². The van der Waals surface area contributed by atoms with Crippen molar-refractivity contribution in [3.63, 3.8) is 0 Å². The Bertz CT molecular complexity index is 553. The molecule has 1 N–H and O–H groups in total. The summed E-state index contributed by atoms with van der Waals surface area (Å²) in [7, 11) is 1.92. The average molecular weight is 269 g/mol. The van der Waals surface area contributed by atoms with Gasteiger partial charge in [-0.15, -0.1) is 10.2 Å². The Kier molecular flexibility index (Phi) is 3.93. The molecule has 0 radical (unpaired) electrons. The summed E-state index contributed by atoms with van der Waals surface area (Å²) >= 11 is 5.71. The van der Waals surface area contributed by atoms with E-state index in [9.17, 15) is 4.39 Å². The van der Waals surface area contributed by atoms with E-state index >= 15 is 0 Å². The van der Waals surface area contributed by atoms with Gasteiger partial charge in [0.2, 0.25) is 0 Å². The summed E-state index contributed by atoms with van der Waals surface area (Å²) in [5, 5.41) is 11.4. The number of benzene rings is 1. The first-order valence-corrected chi connectivity index (χ1v) is 5.95. The van der Waals surface area contributed by atoms with Gasteiger partial charge in [0.25, 0.3) is 0 Å². The molecule has 0 unspecified atom stereocenters. The number of aromatic nitrogens is 3. The molecule has 0 bridgehead atoms. The molecule has 0 atom stereocenters. The Labute approximate surface area is 110 Å². The van der Waals surface area contributed by atoms with E-state index in [0.29, 0.717) is 13.1 Å². The third-order valence-corrected chi connectivity index (χ3v) is 3.07. The van der Waals surface area contributed by atoms with Crippen molar-refractivity contribution >= 4 is 11.6 Å². The van der Waals surface area contributed by atoms with Crippen LogP contribution in [0.5, 0.6) is 0 Å². The molecule has 0 amide bonds. The number of hydrogen-bond donors (Lipinski definition) is 1. The van der Waals surface area contributed by atoms with Crippen molar-refractivity contribution in [1.82, 2.24) is 20.1 Å². The molecule has 1 aromatic heterocycles. The minimum atomic E-state index is -0.399. The molecular formula is C12H14ClFN4. The maximum Gasteiger partial charge on any atom is 0.146 e. The van der Waals surface area contributed by atoms with Crippen LogP contribution in [-0.4, -0.2) is 14.8 Å². The summed E-state index contributed by atoms with van der Waals surface area (Å²) in [6, 6.07) is 4.69. The molecule has 0 fully saturated rings. The number of nitrogens with zero attached hydrogens (tertiary/aromatic N) is 3. The van der Waals surface area contributed by atoms with Gasteiger partial charge in [-0.3, -0.25) is 0 Å². The van der Waals surface area contributed by atoms with E-state index in [1.807, 2.05) is 18.5 Å². The lowest BCUT2D eigenvalue weighted by Gasteiger charge is -2.05. The maximum atomic E-state index is 13.0. The Balaban J connectivity index is 1.92. The van der Waals surface area contributed by atoms with E-state index in [1.165, 1.54) is 6.07 Å². The second kappa shape index (κ2) is 5.46. The lowest BCUT2D eigenvalue weighted by Crippen LogP contribution is -2.16. The molecule has 2 aromatic rings. The van der Waals surface area contributed by atoms with Crippen LogP contribution < -0.4 is 5.32 Å². The molecule has 0 saturated carbocycles. The van der Waals surface area contributed by atoms with Gasteiger partial charge in [0.15, 0.2) is 0 Å². The minimum absolute atomic E-state index is 0.142. The monoisotopic (exact) mass is 268 g/mol. The molecule has 0 spiro atoms. The van der Waals surface area contributed by atoms with Gasteiger partial charge < -0.3 is 9.88 Å². The van der Waals surface area contributed by atoms with Crippen LogP contribution in [0.25, 0.3) is 0 Å². The second-order valence-electron chi connectivity index (χ2n) is 4.07. The quantitative estimate of drug-likeness (QED) is 0.924. The zero-order valence-corrected chi connectivity index (χ0v) is 11.0. The second-order valence-corrected chi connectivity index (χ2v) is 4.48. The molecule has 96 valence electrons. The SMILES string of the molecule is Cc1nnc(CNCc2ccc(F)c(Cl)c2)n1C. The smallest absolute Gasteiger partial charge is 0.146 e. The molecule has 2 rings (SSSR count). The fourth-order valence-corrected chi connectivity index (χ4v) is 1.78. The molecule has 6 heteroatoms. The number of halogens is 2. The lowest BCUT2D eigenvalue weighted by atomic mass is 10.2. The summed E-state index contributed by atoms with van der Waals surface area (Å²) in [6.07, 6.45) is 0. The predicted octanol–water partition coefficient (Wildman–Crippen LogP) is 2.21. The Morgan fingerprint density at radius 1 is 1.33 bits per heavy atom. The van der Waals surface area contributed by atoms with Gasteiger partial charge in [0.1, 0.15) is 17.5 Å². The molecule has 0 aliphatic heterocycles. The highest BCUT2D eigenvalue weighted by atomic mass is 35.5. The molecule has 4 nitrogen and oxygen atoms in total. The summed E-state index contributed by atoms with van der Waals surface area (Å²) < 4.78 is 14.9. The topological polar surface area (TPSA) is 42.7 Å². The minimum Gasteiger partial charge on any atom is -0.317 e. The fourth-order valence-electron chi connectivity index (χ4n) is 1.57. The first-order valence-electron chi connectivity index (χ1n) is 5.57. The van der Waals surface area contributed by atoms with E-state index < -0.39 is 5.82 Å². The lowest BCUT2D eigenvalue weighted by molar-refractivity contribution is 0.619. The summed E-state index contributed by atoms with van der Waals surface area (Å²) in [6.45, 7) is 3.11. The van der Waals surface area contributed by atoms with Gasteiger partial charge in [-0.05, 0) is 24.6 Å². The number of hydrogen-bond acceptors (Lipinski definition) is 3. The number of rotatable bonds is 4. The number of aryl methyl sites for hydroxylation is 1. The van der Waals surface area contributed by atoms with E-state index in [-0.39, 0.29) is 5.02 Å². The van der Waals surface area contributed by atoms with Gasteiger partial charge in [-0.1, -0.05) is 17.7 Å². The van der Waals surface area contributed by atoms with Crippen molar-refractivity contribution in [2.45, 2.75) is 20.0 Å². The third kappa shape index (κ3) is 2.86. The van der Waals surface area contributed by atoms with E-state index in [4.69, 9.17) is 11.6 Å². The molecule has 1 heterocycles. The third-order valence-electron chi connectivity index (χ3n) is 2.78. The normalized spacial score (nSPS) is 10.9. The van der Waals surface area contributed by atoms with Crippen molar-refractivity contribution in [2.75, 3.05) is 0 Å². The highest BCUT2D eigenvalue weighted by molar-refractivity contribution is 6.30. The highest BCUT2D eigenvalue weighted by Gasteiger charge is 2.05. The molecular weight excluding hydrogens is 255 g/mol. The van der Waals surface area contributed by atoms with Crippen LogP contribution in [0.3, 0.4) is 0 Å². The van der Waals surface area contributed by atoms with Crippen molar-refractivity contribution in [1.29, 1.82) is 0 Å². The number of nitrogens with one attached hydrogen (secondary N) is 1. The molecule has 18 heavy (non-hydrogen) atoms. The van der Waals surface area contributed by atoms with Gasteiger partial charge in [-0.2, -0.15) is 0 Å². The fraction of sp³-hybridized carbons (Fsp3) is 0.333. The zero-order valence-electron chi connectivity index (χ0n) is 10.2. The Morgan fingerprint density at radius 3 is 2.72 bits per heavy atom. The van der Waals surface area contributed by atoms with Gasteiger partial charge >= 0.3 is 0 Å². The van der Waals surface area contributed by atoms with Crippen molar-refractivity contribution < 1.29 is 4.39 Å². The highest BCUT2D eigenvalue weighted by Crippen LogP contribution is 2.15. The van der Waals surface area contributed by atoms with Crippen LogP contribution in [0.2, 0.25) is 5.02 Å². The van der Waals surface area contributed by atoms with Crippen molar-refractivity contribution in [3.8, 4) is 0 Å². The van der Waals surface area contributed by atoms with Crippen molar-refractivity contribution in [3.05, 3.63) is 46.3 Å². The van der Waals surface area contributed by atoms with Crippen molar-refractivity contribution in [2.24, 2.45) is 7.05 Å². The molecule has 0 saturated heterocycles. The van der Waals surface area contributed by atoms with Gasteiger partial charge in [-0.25, -0.2) is 4.39 Å². The summed E-state index contributed by atoms with van der Waals surface area (Å²) in [4.78, 5) is 0. The van der Waals surface area contributed by atoms with Gasteiger partial charge in [0.05, 0.1) is 11.6 Å². The average Bonchev–Trinajstić information content (AvgIpc) is 2.66. The van der Waals surface area contributed by atoms with Gasteiger partial charge in [0, 0.05) is 13.6 Å². The molecule has 0 aliphatic rings. The zero-order chi connectivity index (χ0) is 13.1. The molecule has 0 aliphatic carbocycles. The molecule has 1 aromatic carbocycles. The Morgan fingerprint density at radius 2 is 2.11 bits per heavy atom. The first-order chi connectivity index (χ1) is 8.58. The Hall–Kier alpha value is -1.46. The predicted molar refractivity (Wildman–Crippen MR) is 67.7 cm³/mol. The van der Waals surface area contributed by atoms with Crippen LogP contribution in [0, 0.1) is 12.7 Å². The van der Waals surface area contributed by atoms with E-state index in [0.717, 1.165) is 17.2 Å². The maximum absolute atomic E-state index is 13.0. The summed E-state index contributed by atoms with van der Waals surface area (Å²) in [5.41, 5.74) is 0.931. The largest absolute Gasteiger partial charge is 0.317 e. The standard InChI is InChI=1S/C12H14ClFN4/c1-8-16-17-12(18(8)2)7-15-6-9-3-4-11(14)10(13)5-9/h3-5,15H,6-7H2,1-2H3. The van der Waals surface area contributed by atoms with Crippen LogP contribution in [-0.2, 0) is 20.1 Å². The first kappa shape index (κ1) is 13.0. The summed E-state index contributed by atoms with van der Waals surface area (Å²) in [5.74, 6) is 1.33. The van der Waals surface area contributed by atoms with Crippen LogP contribution >= 0.6 is 11.6 Å². The van der Waals surface area contributed by atoms with Crippen LogP contribution in [0.4, 0.5) is 4.39 Å². The van der Waals surface area contributed by atoms with Crippen LogP contribution in [0.1, 0.15) is 17.2 Å².